The average molecular weight is 267 g/mol. The van der Waals surface area contributed by atoms with Gasteiger partial charge >= 0.3 is 0 Å². The fourth-order valence-electron chi connectivity index (χ4n) is 3.28. The van der Waals surface area contributed by atoms with E-state index in [-0.39, 0.29) is 5.54 Å². The van der Waals surface area contributed by atoms with Gasteiger partial charge in [0.1, 0.15) is 5.75 Å². The molecule has 104 valence electrons. The summed E-state index contributed by atoms with van der Waals surface area (Å²) in [5.74, 6) is 0.945. The predicted octanol–water partition coefficient (Wildman–Crippen LogP) is 3.26. The zero-order chi connectivity index (χ0) is 14.3. The molecule has 0 bridgehead atoms. The van der Waals surface area contributed by atoms with Crippen molar-refractivity contribution in [2.75, 3.05) is 7.11 Å². The Kier molecular flexibility index (Phi) is 3.06. The lowest BCUT2D eigenvalue weighted by Crippen LogP contribution is -2.38. The van der Waals surface area contributed by atoms with Crippen molar-refractivity contribution in [3.63, 3.8) is 0 Å². The molecule has 0 aromatic heterocycles. The van der Waals surface area contributed by atoms with Crippen molar-refractivity contribution in [2.45, 2.75) is 32.2 Å². The lowest BCUT2D eigenvalue weighted by molar-refractivity contribution is 0.379. The maximum Gasteiger partial charge on any atom is 0.127 e. The van der Waals surface area contributed by atoms with E-state index in [1.54, 1.807) is 7.11 Å². The monoisotopic (exact) mass is 267 g/mol. The molecule has 1 aliphatic rings. The Balaban J connectivity index is 2.09. The number of rotatable bonds is 2. The van der Waals surface area contributed by atoms with E-state index in [9.17, 15) is 0 Å². The first-order valence-electron chi connectivity index (χ1n) is 7.05. The highest BCUT2D eigenvalue weighted by molar-refractivity contribution is 5.52. The van der Waals surface area contributed by atoms with Crippen molar-refractivity contribution in [1.82, 2.24) is 0 Å². The van der Waals surface area contributed by atoms with Gasteiger partial charge in [0.2, 0.25) is 0 Å². The first-order chi connectivity index (χ1) is 9.55. The second-order valence-electron chi connectivity index (χ2n) is 5.87. The number of ether oxygens (including phenoxy) is 1. The van der Waals surface area contributed by atoms with Crippen LogP contribution in [0.3, 0.4) is 0 Å². The maximum absolute atomic E-state index is 6.75. The zero-order valence-electron chi connectivity index (χ0n) is 12.4. The molecule has 0 saturated carbocycles. The smallest absolute Gasteiger partial charge is 0.127 e. The van der Waals surface area contributed by atoms with E-state index in [1.807, 2.05) is 0 Å². The highest BCUT2D eigenvalue weighted by Gasteiger charge is 2.37. The van der Waals surface area contributed by atoms with E-state index in [0.29, 0.717) is 0 Å². The van der Waals surface area contributed by atoms with E-state index in [2.05, 4.69) is 50.2 Å². The molecule has 0 fully saturated rings. The summed E-state index contributed by atoms with van der Waals surface area (Å²) in [6.07, 6.45) is 1.75. The summed E-state index contributed by atoms with van der Waals surface area (Å²) in [4.78, 5) is 0. The number of methoxy groups -OCH3 is 1. The Morgan fingerprint density at radius 1 is 1.00 bits per heavy atom. The minimum Gasteiger partial charge on any atom is -0.496 e. The van der Waals surface area contributed by atoms with Gasteiger partial charge in [-0.2, -0.15) is 0 Å². The molecular weight excluding hydrogens is 246 g/mol. The highest BCUT2D eigenvalue weighted by atomic mass is 16.5. The molecular formula is C18H21NO. The van der Waals surface area contributed by atoms with Crippen LogP contribution in [0.15, 0.2) is 36.4 Å². The number of benzene rings is 2. The minimum absolute atomic E-state index is 0.354. The second-order valence-corrected chi connectivity index (χ2v) is 5.87. The van der Waals surface area contributed by atoms with Crippen molar-refractivity contribution in [3.8, 4) is 5.75 Å². The third-order valence-corrected chi connectivity index (χ3v) is 4.55. The lowest BCUT2D eigenvalue weighted by atomic mass is 9.85. The SMILES string of the molecule is COc1c(C2(N)Cc3ccccc3C2)ccc(C)c1C. The summed E-state index contributed by atoms with van der Waals surface area (Å²) >= 11 is 0. The lowest BCUT2D eigenvalue weighted by Gasteiger charge is -2.28. The van der Waals surface area contributed by atoms with E-state index >= 15 is 0 Å². The average Bonchev–Trinajstić information content (AvgIpc) is 2.78. The standard InChI is InChI=1S/C18H21NO/c1-12-8-9-16(17(20-3)13(12)2)18(19)10-14-6-4-5-7-15(14)11-18/h4-9H,10-11,19H2,1-3H3. The van der Waals surface area contributed by atoms with Crippen LogP contribution in [0.25, 0.3) is 0 Å². The Morgan fingerprint density at radius 2 is 1.60 bits per heavy atom. The number of hydrogen-bond donors (Lipinski definition) is 1. The van der Waals surface area contributed by atoms with E-state index in [0.717, 1.165) is 24.2 Å². The molecule has 2 aromatic carbocycles. The van der Waals surface area contributed by atoms with Gasteiger partial charge in [-0.25, -0.2) is 0 Å². The molecule has 2 N–H and O–H groups in total. The molecule has 2 nitrogen and oxygen atoms in total. The molecule has 0 unspecified atom stereocenters. The molecule has 0 atom stereocenters. The number of fused-ring (bicyclic) bond motifs is 1. The summed E-state index contributed by atoms with van der Waals surface area (Å²) < 4.78 is 5.65. The molecule has 1 aliphatic carbocycles. The van der Waals surface area contributed by atoms with Crippen LogP contribution in [0.5, 0.6) is 5.75 Å². The van der Waals surface area contributed by atoms with Crippen LogP contribution in [0.1, 0.15) is 27.8 Å². The quantitative estimate of drug-likeness (QED) is 0.906. The molecule has 0 heterocycles. The van der Waals surface area contributed by atoms with Crippen LogP contribution >= 0.6 is 0 Å². The van der Waals surface area contributed by atoms with Crippen LogP contribution in [-0.4, -0.2) is 7.11 Å². The fourth-order valence-corrected chi connectivity index (χ4v) is 3.28. The van der Waals surface area contributed by atoms with Crippen LogP contribution in [-0.2, 0) is 18.4 Å². The Bertz CT molecular complexity index is 635. The predicted molar refractivity (Wildman–Crippen MR) is 82.2 cm³/mol. The maximum atomic E-state index is 6.75. The summed E-state index contributed by atoms with van der Waals surface area (Å²) in [5.41, 5.74) is 12.7. The van der Waals surface area contributed by atoms with Crippen molar-refractivity contribution in [3.05, 3.63) is 64.2 Å². The van der Waals surface area contributed by atoms with E-state index in [4.69, 9.17) is 10.5 Å². The van der Waals surface area contributed by atoms with Gasteiger partial charge < -0.3 is 10.5 Å². The topological polar surface area (TPSA) is 35.2 Å². The second kappa shape index (κ2) is 4.64. The zero-order valence-corrected chi connectivity index (χ0v) is 12.4. The fraction of sp³-hybridized carbons (Fsp3) is 0.333. The van der Waals surface area contributed by atoms with Gasteiger partial charge in [0, 0.05) is 5.56 Å². The molecule has 0 saturated heterocycles. The number of hydrogen-bond acceptors (Lipinski definition) is 2. The van der Waals surface area contributed by atoms with Crippen molar-refractivity contribution >= 4 is 0 Å². The molecule has 0 amide bonds. The van der Waals surface area contributed by atoms with Crippen molar-refractivity contribution in [2.24, 2.45) is 5.73 Å². The van der Waals surface area contributed by atoms with Gasteiger partial charge in [0.05, 0.1) is 12.6 Å². The van der Waals surface area contributed by atoms with Crippen LogP contribution in [0, 0.1) is 13.8 Å². The van der Waals surface area contributed by atoms with Gasteiger partial charge in [-0.05, 0) is 48.9 Å². The van der Waals surface area contributed by atoms with Crippen molar-refractivity contribution < 1.29 is 4.74 Å². The number of nitrogens with two attached hydrogens (primary N) is 1. The largest absolute Gasteiger partial charge is 0.496 e. The first kappa shape index (κ1) is 13.2. The Hall–Kier alpha value is -1.80. The van der Waals surface area contributed by atoms with E-state index in [1.165, 1.54) is 22.3 Å². The Morgan fingerprint density at radius 3 is 2.15 bits per heavy atom. The summed E-state index contributed by atoms with van der Waals surface area (Å²) in [5, 5.41) is 0. The summed E-state index contributed by atoms with van der Waals surface area (Å²) in [6, 6.07) is 12.8. The van der Waals surface area contributed by atoms with Crippen LogP contribution in [0.2, 0.25) is 0 Å². The molecule has 20 heavy (non-hydrogen) atoms. The summed E-state index contributed by atoms with van der Waals surface area (Å²) in [6.45, 7) is 4.21. The highest BCUT2D eigenvalue weighted by Crippen LogP contribution is 2.41. The molecule has 2 aromatic rings. The normalized spacial score (nSPS) is 16.0. The molecule has 0 spiro atoms. The third-order valence-electron chi connectivity index (χ3n) is 4.55. The summed E-state index contributed by atoms with van der Waals surface area (Å²) in [7, 11) is 1.73. The van der Waals surface area contributed by atoms with E-state index < -0.39 is 0 Å². The van der Waals surface area contributed by atoms with Crippen LogP contribution in [0.4, 0.5) is 0 Å². The van der Waals surface area contributed by atoms with Gasteiger partial charge in [-0.3, -0.25) is 0 Å². The van der Waals surface area contributed by atoms with Gasteiger partial charge in [0.15, 0.2) is 0 Å². The van der Waals surface area contributed by atoms with Gasteiger partial charge in [0.25, 0.3) is 0 Å². The molecule has 0 radical (unpaired) electrons. The molecule has 0 aliphatic heterocycles. The number of aryl methyl sites for hydroxylation is 1. The molecule has 2 heteroatoms. The van der Waals surface area contributed by atoms with Crippen LogP contribution < -0.4 is 10.5 Å². The van der Waals surface area contributed by atoms with Gasteiger partial charge in [-0.15, -0.1) is 0 Å². The Labute approximate surface area is 120 Å². The van der Waals surface area contributed by atoms with Crippen molar-refractivity contribution in [1.29, 1.82) is 0 Å². The third kappa shape index (κ3) is 1.92. The first-order valence-corrected chi connectivity index (χ1v) is 7.05. The minimum atomic E-state index is -0.354. The van der Waals surface area contributed by atoms with Gasteiger partial charge in [-0.1, -0.05) is 36.4 Å². The molecule has 3 rings (SSSR count).